The second-order valence-corrected chi connectivity index (χ2v) is 12.8. The fourth-order valence-corrected chi connectivity index (χ4v) is 6.95. The standard InChI is InChI=1S/C36H41ClN4O5/c1-2-45-35(43)24-14-19-41(20-15-24)31-6-3-7-32-29(31)23-25(28-12-13-30(33(38)42)39-34(28)46-32)5-4-18-40-21-16-36(44,17-22-40)26-8-10-27(37)11-9-26/h3,5-13,24,44H,2,4,14-23H2,1H3,(H2,38,42). The number of anilines is 1. The lowest BCUT2D eigenvalue weighted by molar-refractivity contribution is -0.148. The molecule has 2 fully saturated rings. The van der Waals surface area contributed by atoms with Crippen LogP contribution in [0.4, 0.5) is 5.69 Å². The number of aromatic nitrogens is 1. The zero-order chi connectivity index (χ0) is 32.3. The summed E-state index contributed by atoms with van der Waals surface area (Å²) >= 11 is 6.06. The van der Waals surface area contributed by atoms with Crippen LogP contribution in [0.2, 0.25) is 5.02 Å². The van der Waals surface area contributed by atoms with Gasteiger partial charge in [-0.3, -0.25) is 9.59 Å². The Bertz CT molecular complexity index is 1610. The number of nitrogens with two attached hydrogens (primary N) is 1. The van der Waals surface area contributed by atoms with Gasteiger partial charge in [0.15, 0.2) is 0 Å². The number of nitrogens with zero attached hydrogens (tertiary/aromatic N) is 3. The SMILES string of the molecule is CCOC(=O)C1CCN(c2cccc3c2CC(=CCCN2CCC(O)(c4ccc(Cl)cc4)CC2)c2ccc(C(N)=O)nc2O3)CC1. The molecule has 1 amide bonds. The molecular formula is C36H41ClN4O5. The number of amides is 1. The molecule has 10 heteroatoms. The molecule has 2 saturated heterocycles. The molecule has 0 atom stereocenters. The van der Waals surface area contributed by atoms with Crippen molar-refractivity contribution in [2.45, 2.75) is 51.0 Å². The Hall–Kier alpha value is -3.92. The van der Waals surface area contributed by atoms with Crippen LogP contribution in [0.15, 0.2) is 60.7 Å². The molecule has 0 radical (unpaired) electrons. The van der Waals surface area contributed by atoms with Gasteiger partial charge in [0.2, 0.25) is 5.88 Å². The van der Waals surface area contributed by atoms with Gasteiger partial charge in [-0.2, -0.15) is 0 Å². The number of fused-ring (bicyclic) bond motifs is 2. The third-order valence-electron chi connectivity index (χ3n) is 9.50. The number of aliphatic hydroxyl groups is 1. The molecule has 0 unspecified atom stereocenters. The van der Waals surface area contributed by atoms with Gasteiger partial charge in [-0.15, -0.1) is 0 Å². The summed E-state index contributed by atoms with van der Waals surface area (Å²) in [6.07, 6.45) is 6.46. The molecule has 0 aliphatic carbocycles. The molecule has 3 N–H and O–H groups in total. The number of hydrogen-bond acceptors (Lipinski definition) is 8. The molecule has 0 saturated carbocycles. The molecule has 242 valence electrons. The van der Waals surface area contributed by atoms with Crippen LogP contribution in [0.5, 0.6) is 11.6 Å². The highest BCUT2D eigenvalue weighted by atomic mass is 35.5. The van der Waals surface area contributed by atoms with E-state index in [1.54, 1.807) is 6.07 Å². The van der Waals surface area contributed by atoms with Crippen molar-refractivity contribution in [2.75, 3.05) is 44.2 Å². The summed E-state index contributed by atoms with van der Waals surface area (Å²) in [7, 11) is 0. The highest BCUT2D eigenvalue weighted by molar-refractivity contribution is 6.30. The number of halogens is 1. The Labute approximate surface area is 274 Å². The van der Waals surface area contributed by atoms with Crippen molar-refractivity contribution in [2.24, 2.45) is 11.7 Å². The lowest BCUT2D eigenvalue weighted by Gasteiger charge is -2.38. The molecule has 3 aliphatic rings. The summed E-state index contributed by atoms with van der Waals surface area (Å²) in [5, 5.41) is 12.0. The zero-order valence-corrected chi connectivity index (χ0v) is 27.0. The maximum absolute atomic E-state index is 12.4. The Balaban J connectivity index is 1.20. The third-order valence-corrected chi connectivity index (χ3v) is 9.75. The van der Waals surface area contributed by atoms with Crippen LogP contribution in [0, 0.1) is 5.92 Å². The van der Waals surface area contributed by atoms with Crippen LogP contribution < -0.4 is 15.4 Å². The van der Waals surface area contributed by atoms with E-state index in [0.29, 0.717) is 42.5 Å². The third kappa shape index (κ3) is 6.92. The van der Waals surface area contributed by atoms with E-state index in [1.807, 2.05) is 49.4 Å². The Morgan fingerprint density at radius 2 is 1.83 bits per heavy atom. The fraction of sp³-hybridized carbons (Fsp3) is 0.417. The lowest BCUT2D eigenvalue weighted by atomic mass is 9.84. The number of carbonyl (C=O) groups excluding carboxylic acids is 2. The van der Waals surface area contributed by atoms with Crippen molar-refractivity contribution < 1.29 is 24.2 Å². The second kappa shape index (κ2) is 13.8. The molecule has 3 aromatic rings. The summed E-state index contributed by atoms with van der Waals surface area (Å²) < 4.78 is 11.7. The Morgan fingerprint density at radius 3 is 2.52 bits per heavy atom. The highest BCUT2D eigenvalue weighted by Crippen LogP contribution is 2.43. The van der Waals surface area contributed by atoms with Gasteiger partial charge in [0.05, 0.1) is 18.1 Å². The van der Waals surface area contributed by atoms with Crippen LogP contribution in [0.3, 0.4) is 0 Å². The number of primary amides is 1. The molecule has 46 heavy (non-hydrogen) atoms. The van der Waals surface area contributed by atoms with Crippen LogP contribution in [0.1, 0.15) is 66.2 Å². The number of benzene rings is 2. The first kappa shape index (κ1) is 32.0. The Kier molecular flexibility index (Phi) is 9.63. The first-order chi connectivity index (χ1) is 22.2. The number of rotatable bonds is 8. The fourth-order valence-electron chi connectivity index (χ4n) is 6.83. The Morgan fingerprint density at radius 1 is 1.09 bits per heavy atom. The topological polar surface area (TPSA) is 118 Å². The van der Waals surface area contributed by atoms with Crippen molar-refractivity contribution >= 4 is 34.7 Å². The number of esters is 1. The first-order valence-electron chi connectivity index (χ1n) is 16.2. The van der Waals surface area contributed by atoms with Crippen LogP contribution in [-0.2, 0) is 21.6 Å². The van der Waals surface area contributed by atoms with Gasteiger partial charge >= 0.3 is 5.97 Å². The number of hydrogen-bond donors (Lipinski definition) is 2. The van der Waals surface area contributed by atoms with E-state index in [-0.39, 0.29) is 17.6 Å². The van der Waals surface area contributed by atoms with Crippen LogP contribution >= 0.6 is 11.6 Å². The van der Waals surface area contributed by atoms with Gasteiger partial charge in [-0.1, -0.05) is 35.9 Å². The average molecular weight is 645 g/mol. The van der Waals surface area contributed by atoms with Crippen molar-refractivity contribution in [1.29, 1.82) is 0 Å². The lowest BCUT2D eigenvalue weighted by Crippen LogP contribution is -2.42. The van der Waals surface area contributed by atoms with Crippen molar-refractivity contribution in [3.05, 3.63) is 88.1 Å². The average Bonchev–Trinajstić information content (AvgIpc) is 3.22. The molecule has 2 aromatic carbocycles. The van der Waals surface area contributed by atoms with Crippen LogP contribution in [0.25, 0.3) is 5.57 Å². The summed E-state index contributed by atoms with van der Waals surface area (Å²) in [6.45, 7) is 6.15. The molecule has 9 nitrogen and oxygen atoms in total. The van der Waals surface area contributed by atoms with E-state index in [4.69, 9.17) is 26.8 Å². The molecule has 6 rings (SSSR count). The van der Waals surface area contributed by atoms with Gasteiger partial charge in [-0.25, -0.2) is 4.98 Å². The number of ether oxygens (including phenoxy) is 2. The minimum atomic E-state index is -0.841. The quantitative estimate of drug-likeness (QED) is 0.299. The number of likely N-dealkylation sites (tertiary alicyclic amines) is 1. The van der Waals surface area contributed by atoms with Crippen molar-refractivity contribution in [3.8, 4) is 11.6 Å². The maximum Gasteiger partial charge on any atom is 0.309 e. The first-order valence-corrected chi connectivity index (χ1v) is 16.5. The van der Waals surface area contributed by atoms with Gasteiger partial charge in [0.1, 0.15) is 11.4 Å². The highest BCUT2D eigenvalue weighted by Gasteiger charge is 2.34. The van der Waals surface area contributed by atoms with Gasteiger partial charge in [-0.05, 0) is 86.6 Å². The van der Waals surface area contributed by atoms with Gasteiger partial charge in [0, 0.05) is 61.0 Å². The number of piperidine rings is 2. The van der Waals surface area contributed by atoms with Gasteiger partial charge < -0.3 is 30.1 Å². The number of carbonyl (C=O) groups is 2. The van der Waals surface area contributed by atoms with Crippen LogP contribution in [-0.4, -0.2) is 66.2 Å². The predicted molar refractivity (Wildman–Crippen MR) is 178 cm³/mol. The molecule has 1 aromatic heterocycles. The molecule has 3 aliphatic heterocycles. The molecule has 4 heterocycles. The monoisotopic (exact) mass is 644 g/mol. The predicted octanol–water partition coefficient (Wildman–Crippen LogP) is 5.72. The van der Waals surface area contributed by atoms with Gasteiger partial charge in [0.25, 0.3) is 5.91 Å². The summed E-state index contributed by atoms with van der Waals surface area (Å²) in [5.74, 6) is 0.260. The van der Waals surface area contributed by atoms with E-state index in [2.05, 4.69) is 26.9 Å². The summed E-state index contributed by atoms with van der Waals surface area (Å²) in [6, 6.07) is 17.0. The maximum atomic E-state index is 12.4. The number of allylic oxidation sites excluding steroid dienone is 1. The van der Waals surface area contributed by atoms with E-state index in [9.17, 15) is 14.7 Å². The smallest absolute Gasteiger partial charge is 0.309 e. The normalized spacial score (nSPS) is 19.1. The summed E-state index contributed by atoms with van der Waals surface area (Å²) in [5.41, 5.74) is 9.83. The second-order valence-electron chi connectivity index (χ2n) is 12.4. The molecular weight excluding hydrogens is 604 g/mol. The van der Waals surface area contributed by atoms with Crippen molar-refractivity contribution in [1.82, 2.24) is 9.88 Å². The van der Waals surface area contributed by atoms with Crippen molar-refractivity contribution in [3.63, 3.8) is 0 Å². The van der Waals surface area contributed by atoms with E-state index in [1.165, 1.54) is 0 Å². The molecule has 0 bridgehead atoms. The largest absolute Gasteiger partial charge is 0.466 e. The van der Waals surface area contributed by atoms with E-state index < -0.39 is 11.5 Å². The minimum Gasteiger partial charge on any atom is -0.466 e. The minimum absolute atomic E-state index is 0.0807. The summed E-state index contributed by atoms with van der Waals surface area (Å²) in [4.78, 5) is 33.6. The zero-order valence-electron chi connectivity index (χ0n) is 26.2. The van der Waals surface area contributed by atoms with E-state index >= 15 is 0 Å². The number of pyridine rings is 1. The van der Waals surface area contributed by atoms with E-state index in [0.717, 1.165) is 79.9 Å². The molecule has 0 spiro atoms.